The lowest BCUT2D eigenvalue weighted by Gasteiger charge is -2.32. The molecule has 0 radical (unpaired) electrons. The lowest BCUT2D eigenvalue weighted by molar-refractivity contribution is 0.145. The lowest BCUT2D eigenvalue weighted by atomic mass is 10.3. The number of nitrogens with zero attached hydrogens (tertiary/aromatic N) is 2. The molecule has 4 heteroatoms. The molecule has 0 amide bonds. The van der Waals surface area contributed by atoms with Crippen LogP contribution in [0.25, 0.3) is 0 Å². The van der Waals surface area contributed by atoms with Gasteiger partial charge in [0.05, 0.1) is 13.2 Å². The molecule has 1 N–H and O–H groups in total. The number of nitrogens with one attached hydrogen (secondary N) is 1. The molecule has 0 spiro atoms. The fraction of sp³-hybridized carbons (Fsp3) is 0.846. The number of piperazine rings is 1. The third-order valence-corrected chi connectivity index (χ3v) is 2.97. The summed E-state index contributed by atoms with van der Waals surface area (Å²) in [6.45, 7) is 15.2. The number of rotatable bonds is 8. The van der Waals surface area contributed by atoms with Crippen LogP contribution in [0.2, 0.25) is 0 Å². The van der Waals surface area contributed by atoms with Crippen molar-refractivity contribution in [2.24, 2.45) is 0 Å². The van der Waals surface area contributed by atoms with Gasteiger partial charge in [-0.3, -0.25) is 4.90 Å². The number of ether oxygens (including phenoxy) is 1. The molecule has 0 unspecified atom stereocenters. The molecule has 1 heterocycles. The molecule has 0 aromatic heterocycles. The highest BCUT2D eigenvalue weighted by Gasteiger charge is 2.12. The van der Waals surface area contributed by atoms with Crippen LogP contribution in [0.1, 0.15) is 6.92 Å². The quantitative estimate of drug-likeness (QED) is 0.492. The van der Waals surface area contributed by atoms with Gasteiger partial charge in [0, 0.05) is 45.8 Å². The van der Waals surface area contributed by atoms with Crippen LogP contribution in [0.5, 0.6) is 0 Å². The molecule has 0 bridgehead atoms. The second kappa shape index (κ2) is 8.64. The summed E-state index contributed by atoms with van der Waals surface area (Å²) in [5.74, 6) is 0. The van der Waals surface area contributed by atoms with Crippen molar-refractivity contribution in [2.45, 2.75) is 6.92 Å². The molecule has 1 saturated heterocycles. The van der Waals surface area contributed by atoms with Crippen LogP contribution in [-0.2, 0) is 4.74 Å². The van der Waals surface area contributed by atoms with Gasteiger partial charge in [0.1, 0.15) is 0 Å². The molecule has 0 aliphatic carbocycles. The van der Waals surface area contributed by atoms with Gasteiger partial charge in [0.25, 0.3) is 0 Å². The van der Waals surface area contributed by atoms with Crippen LogP contribution in [0.15, 0.2) is 12.2 Å². The van der Waals surface area contributed by atoms with Crippen LogP contribution in [0.3, 0.4) is 0 Å². The van der Waals surface area contributed by atoms with Gasteiger partial charge in [-0.15, -0.1) is 0 Å². The Morgan fingerprint density at radius 1 is 1.24 bits per heavy atom. The SMILES string of the molecule is C=C(C)COCCNCCN1CCN(C)CC1. The molecule has 0 saturated carbocycles. The largest absolute Gasteiger partial charge is 0.376 e. The number of hydrogen-bond donors (Lipinski definition) is 1. The summed E-state index contributed by atoms with van der Waals surface area (Å²) in [7, 11) is 2.19. The Hall–Kier alpha value is -0.420. The summed E-state index contributed by atoms with van der Waals surface area (Å²) in [6.07, 6.45) is 0. The van der Waals surface area contributed by atoms with Gasteiger partial charge >= 0.3 is 0 Å². The second-order valence-electron chi connectivity index (χ2n) is 4.90. The Labute approximate surface area is 106 Å². The third kappa shape index (κ3) is 7.49. The summed E-state index contributed by atoms with van der Waals surface area (Å²) in [5.41, 5.74) is 1.09. The van der Waals surface area contributed by atoms with Gasteiger partial charge in [-0.25, -0.2) is 0 Å². The second-order valence-corrected chi connectivity index (χ2v) is 4.90. The first-order chi connectivity index (χ1) is 8.18. The zero-order valence-corrected chi connectivity index (χ0v) is 11.4. The summed E-state index contributed by atoms with van der Waals surface area (Å²) < 4.78 is 5.42. The van der Waals surface area contributed by atoms with Crippen LogP contribution in [0, 0.1) is 0 Å². The van der Waals surface area contributed by atoms with E-state index in [-0.39, 0.29) is 0 Å². The van der Waals surface area contributed by atoms with Gasteiger partial charge in [0.15, 0.2) is 0 Å². The standard InChI is InChI=1S/C13H27N3O/c1-13(2)12-17-11-5-14-4-6-16-9-7-15(3)8-10-16/h14H,1,4-12H2,2-3H3. The zero-order valence-electron chi connectivity index (χ0n) is 11.4. The summed E-state index contributed by atoms with van der Waals surface area (Å²) in [4.78, 5) is 4.90. The van der Waals surface area contributed by atoms with Crippen molar-refractivity contribution >= 4 is 0 Å². The van der Waals surface area contributed by atoms with Crippen LogP contribution < -0.4 is 5.32 Å². The van der Waals surface area contributed by atoms with E-state index in [2.05, 4.69) is 28.7 Å². The molecular weight excluding hydrogens is 214 g/mol. The average Bonchev–Trinajstić information content (AvgIpc) is 2.30. The lowest BCUT2D eigenvalue weighted by Crippen LogP contribution is -2.46. The third-order valence-electron chi connectivity index (χ3n) is 2.97. The number of hydrogen-bond acceptors (Lipinski definition) is 4. The van der Waals surface area contributed by atoms with Crippen molar-refractivity contribution in [3.8, 4) is 0 Å². The van der Waals surface area contributed by atoms with Gasteiger partial charge in [-0.1, -0.05) is 12.2 Å². The molecule has 0 aromatic carbocycles. The first-order valence-electron chi connectivity index (χ1n) is 6.52. The maximum atomic E-state index is 5.42. The van der Waals surface area contributed by atoms with Crippen molar-refractivity contribution < 1.29 is 4.74 Å². The van der Waals surface area contributed by atoms with Crippen LogP contribution in [-0.4, -0.2) is 75.9 Å². The van der Waals surface area contributed by atoms with E-state index >= 15 is 0 Å². The highest BCUT2D eigenvalue weighted by Crippen LogP contribution is 1.97. The van der Waals surface area contributed by atoms with E-state index in [1.807, 2.05) is 6.92 Å². The van der Waals surface area contributed by atoms with Crippen molar-refractivity contribution in [3.05, 3.63) is 12.2 Å². The molecule has 1 rings (SSSR count). The van der Waals surface area contributed by atoms with Gasteiger partial charge < -0.3 is 15.0 Å². The Balaban J connectivity index is 1.85. The van der Waals surface area contributed by atoms with E-state index in [4.69, 9.17) is 4.74 Å². The van der Waals surface area contributed by atoms with Crippen molar-refractivity contribution in [3.63, 3.8) is 0 Å². The average molecular weight is 241 g/mol. The molecule has 4 nitrogen and oxygen atoms in total. The summed E-state index contributed by atoms with van der Waals surface area (Å²) >= 11 is 0. The van der Waals surface area contributed by atoms with E-state index < -0.39 is 0 Å². The smallest absolute Gasteiger partial charge is 0.0672 e. The van der Waals surface area contributed by atoms with E-state index in [1.165, 1.54) is 26.2 Å². The minimum absolute atomic E-state index is 0.681. The Morgan fingerprint density at radius 3 is 2.59 bits per heavy atom. The molecular formula is C13H27N3O. The summed E-state index contributed by atoms with van der Waals surface area (Å²) in [5, 5.41) is 3.41. The maximum Gasteiger partial charge on any atom is 0.0672 e. The number of likely N-dealkylation sites (N-methyl/N-ethyl adjacent to an activating group) is 1. The normalized spacial score (nSPS) is 18.5. The van der Waals surface area contributed by atoms with E-state index in [0.29, 0.717) is 6.61 Å². The summed E-state index contributed by atoms with van der Waals surface area (Å²) in [6, 6.07) is 0. The van der Waals surface area contributed by atoms with Crippen LogP contribution >= 0.6 is 0 Å². The Morgan fingerprint density at radius 2 is 1.94 bits per heavy atom. The molecule has 0 atom stereocenters. The Bertz CT molecular complexity index is 213. The first kappa shape index (κ1) is 14.6. The molecule has 1 aliphatic heterocycles. The highest BCUT2D eigenvalue weighted by atomic mass is 16.5. The zero-order chi connectivity index (χ0) is 12.5. The van der Waals surface area contributed by atoms with Crippen molar-refractivity contribution in [2.75, 3.05) is 66.1 Å². The first-order valence-corrected chi connectivity index (χ1v) is 6.52. The predicted molar refractivity (Wildman–Crippen MR) is 72.4 cm³/mol. The molecule has 100 valence electrons. The van der Waals surface area contributed by atoms with E-state index in [9.17, 15) is 0 Å². The molecule has 17 heavy (non-hydrogen) atoms. The maximum absolute atomic E-state index is 5.42. The van der Waals surface area contributed by atoms with E-state index in [1.54, 1.807) is 0 Å². The monoisotopic (exact) mass is 241 g/mol. The molecule has 1 fully saturated rings. The van der Waals surface area contributed by atoms with Crippen molar-refractivity contribution in [1.82, 2.24) is 15.1 Å². The van der Waals surface area contributed by atoms with Crippen LogP contribution in [0.4, 0.5) is 0 Å². The Kier molecular flexibility index (Phi) is 7.44. The van der Waals surface area contributed by atoms with Crippen molar-refractivity contribution in [1.29, 1.82) is 0 Å². The minimum Gasteiger partial charge on any atom is -0.376 e. The highest BCUT2D eigenvalue weighted by molar-refractivity contribution is 4.87. The molecule has 0 aromatic rings. The fourth-order valence-electron chi connectivity index (χ4n) is 1.82. The van der Waals surface area contributed by atoms with Gasteiger partial charge in [-0.2, -0.15) is 0 Å². The topological polar surface area (TPSA) is 27.7 Å². The molecule has 1 aliphatic rings. The van der Waals surface area contributed by atoms with E-state index in [0.717, 1.165) is 31.8 Å². The fourth-order valence-corrected chi connectivity index (χ4v) is 1.82. The van der Waals surface area contributed by atoms with Gasteiger partial charge in [-0.05, 0) is 14.0 Å². The van der Waals surface area contributed by atoms with Gasteiger partial charge in [0.2, 0.25) is 0 Å². The predicted octanol–water partition coefficient (Wildman–Crippen LogP) is 0.416. The minimum atomic E-state index is 0.681.